The van der Waals surface area contributed by atoms with Gasteiger partial charge < -0.3 is 19.1 Å². The fourth-order valence-corrected chi connectivity index (χ4v) is 3.32. The molecular weight excluding hydrogens is 294 g/mol. The predicted octanol–water partition coefficient (Wildman–Crippen LogP) is 1.05. The van der Waals surface area contributed by atoms with Crippen LogP contribution >= 0.6 is 11.6 Å². The van der Waals surface area contributed by atoms with E-state index in [1.54, 1.807) is 6.07 Å². The van der Waals surface area contributed by atoms with Crippen molar-refractivity contribution in [3.63, 3.8) is 0 Å². The predicted molar refractivity (Wildman–Crippen MR) is 77.1 cm³/mol. The molecule has 2 atom stereocenters. The van der Waals surface area contributed by atoms with Gasteiger partial charge >= 0.3 is 0 Å². The number of hydrogen-bond donors (Lipinski definition) is 0. The van der Waals surface area contributed by atoms with Gasteiger partial charge in [-0.25, -0.2) is 0 Å². The minimum Gasteiger partial charge on any atom is -0.379 e. The second-order valence-corrected chi connectivity index (χ2v) is 6.33. The molecule has 2 bridgehead atoms. The Hall–Kier alpha value is -1.11. The van der Waals surface area contributed by atoms with Crippen molar-refractivity contribution in [3.05, 3.63) is 17.0 Å². The van der Waals surface area contributed by atoms with Crippen LogP contribution in [0.15, 0.2) is 10.6 Å². The molecule has 1 amide bonds. The summed E-state index contributed by atoms with van der Waals surface area (Å²) in [6.07, 6.45) is 0.946. The Balaban J connectivity index is 1.63. The van der Waals surface area contributed by atoms with Gasteiger partial charge in [0.05, 0.1) is 19.3 Å². The van der Waals surface area contributed by atoms with E-state index in [2.05, 4.69) is 17.1 Å². The Morgan fingerprint density at radius 2 is 2.29 bits per heavy atom. The number of carbonyl (C=O) groups excluding carboxylic acids is 1. The maximum atomic E-state index is 12.5. The van der Waals surface area contributed by atoms with Crippen LogP contribution in [0, 0.1) is 5.92 Å². The summed E-state index contributed by atoms with van der Waals surface area (Å²) in [5, 5.41) is 3.96. The van der Waals surface area contributed by atoms with Gasteiger partial charge in [-0.2, -0.15) is 0 Å². The van der Waals surface area contributed by atoms with Crippen LogP contribution in [0.25, 0.3) is 0 Å². The van der Waals surface area contributed by atoms with Gasteiger partial charge in [-0.05, 0) is 7.05 Å². The van der Waals surface area contributed by atoms with E-state index in [4.69, 9.17) is 20.9 Å². The molecule has 0 aliphatic carbocycles. The summed E-state index contributed by atoms with van der Waals surface area (Å²) in [4.78, 5) is 16.8. The summed E-state index contributed by atoms with van der Waals surface area (Å²) in [5.41, 5.74) is 0. The van der Waals surface area contributed by atoms with Gasteiger partial charge in [0.25, 0.3) is 0 Å². The number of aryl methyl sites for hydroxylation is 1. The topological polar surface area (TPSA) is 58.8 Å². The number of hydrogen-bond acceptors (Lipinski definition) is 5. The zero-order valence-corrected chi connectivity index (χ0v) is 12.9. The number of likely N-dealkylation sites (N-methyl/N-ethyl adjacent to an activating group) is 1. The molecule has 6 nitrogen and oxygen atoms in total. The van der Waals surface area contributed by atoms with E-state index in [0.29, 0.717) is 36.3 Å². The number of halogens is 1. The Morgan fingerprint density at radius 3 is 3.05 bits per heavy atom. The molecule has 0 radical (unpaired) electrons. The van der Waals surface area contributed by atoms with E-state index in [1.807, 2.05) is 4.90 Å². The summed E-state index contributed by atoms with van der Waals surface area (Å²) in [7, 11) is 2.11. The van der Waals surface area contributed by atoms with Gasteiger partial charge in [0.2, 0.25) is 5.91 Å². The molecule has 0 unspecified atom stereocenters. The van der Waals surface area contributed by atoms with Crippen LogP contribution in [-0.2, 0) is 16.0 Å². The first-order valence-electron chi connectivity index (χ1n) is 7.28. The van der Waals surface area contributed by atoms with E-state index in [9.17, 15) is 4.79 Å². The van der Waals surface area contributed by atoms with Crippen LogP contribution in [0.4, 0.5) is 0 Å². The van der Waals surface area contributed by atoms with E-state index >= 15 is 0 Å². The minimum atomic E-state index is 0.147. The van der Waals surface area contributed by atoms with Gasteiger partial charge in [-0.15, -0.1) is 0 Å². The molecule has 0 spiro atoms. The third-order valence-electron chi connectivity index (χ3n) is 4.09. The Morgan fingerprint density at radius 1 is 1.43 bits per heavy atom. The van der Waals surface area contributed by atoms with Crippen molar-refractivity contribution in [1.82, 2.24) is 15.0 Å². The molecule has 3 heterocycles. The highest BCUT2D eigenvalue weighted by molar-refractivity contribution is 6.29. The molecule has 0 aromatic carbocycles. The van der Waals surface area contributed by atoms with Crippen molar-refractivity contribution >= 4 is 17.5 Å². The van der Waals surface area contributed by atoms with E-state index < -0.39 is 0 Å². The quantitative estimate of drug-likeness (QED) is 0.835. The molecule has 1 aromatic rings. The lowest BCUT2D eigenvalue weighted by Crippen LogP contribution is -2.46. The smallest absolute Gasteiger partial charge is 0.223 e. The summed E-state index contributed by atoms with van der Waals surface area (Å²) < 4.78 is 10.7. The largest absolute Gasteiger partial charge is 0.379 e. The molecule has 3 rings (SSSR count). The summed E-state index contributed by atoms with van der Waals surface area (Å²) in [6.45, 7) is 4.00. The van der Waals surface area contributed by atoms with Crippen molar-refractivity contribution in [1.29, 1.82) is 0 Å². The number of ether oxygens (including phenoxy) is 1. The standard InChI is InChI=1S/C14H20ClN3O3/c1-17-5-10-6-18(11(7-17)9-20-8-10)14(19)3-2-12-4-13(15)16-21-12/h4,10-11H,2-3,5-9H2,1H3/t10-,11-/m0/s1. The summed E-state index contributed by atoms with van der Waals surface area (Å²) in [5.74, 6) is 1.20. The van der Waals surface area contributed by atoms with Gasteiger partial charge in [-0.1, -0.05) is 16.8 Å². The average molecular weight is 314 g/mol. The zero-order chi connectivity index (χ0) is 14.8. The van der Waals surface area contributed by atoms with Crippen LogP contribution in [-0.4, -0.2) is 66.8 Å². The highest BCUT2D eigenvalue weighted by Crippen LogP contribution is 2.20. The normalized spacial score (nSPS) is 26.7. The van der Waals surface area contributed by atoms with Gasteiger partial charge in [0.1, 0.15) is 5.76 Å². The lowest BCUT2D eigenvalue weighted by Gasteiger charge is -2.29. The molecule has 7 heteroatoms. The first-order valence-corrected chi connectivity index (χ1v) is 7.66. The summed E-state index contributed by atoms with van der Waals surface area (Å²) in [6, 6.07) is 1.81. The second kappa shape index (κ2) is 6.34. The SMILES string of the molecule is CN1C[C@@H]2COC[C@H](C1)N(C(=O)CCc1cc(Cl)no1)C2. The Labute approximate surface area is 128 Å². The third kappa shape index (κ3) is 3.56. The van der Waals surface area contributed by atoms with Crippen molar-refractivity contribution in [2.45, 2.75) is 18.9 Å². The van der Waals surface area contributed by atoms with E-state index in [-0.39, 0.29) is 11.9 Å². The number of fused-ring (bicyclic) bond motifs is 3. The lowest BCUT2D eigenvalue weighted by atomic mass is 10.1. The second-order valence-electron chi connectivity index (χ2n) is 5.94. The maximum Gasteiger partial charge on any atom is 0.223 e. The monoisotopic (exact) mass is 313 g/mol. The van der Waals surface area contributed by atoms with Crippen LogP contribution in [0.1, 0.15) is 12.2 Å². The molecule has 2 fully saturated rings. The summed E-state index contributed by atoms with van der Waals surface area (Å²) >= 11 is 5.71. The van der Waals surface area contributed by atoms with Crippen LogP contribution in [0.3, 0.4) is 0 Å². The van der Waals surface area contributed by atoms with Crippen LogP contribution < -0.4 is 0 Å². The van der Waals surface area contributed by atoms with Crippen molar-refractivity contribution < 1.29 is 14.1 Å². The average Bonchev–Trinajstić information content (AvgIpc) is 2.65. The fourth-order valence-electron chi connectivity index (χ4n) is 3.16. The number of carbonyl (C=O) groups is 1. The molecule has 2 aliphatic heterocycles. The van der Waals surface area contributed by atoms with Gasteiger partial charge in [0, 0.05) is 44.5 Å². The molecule has 2 saturated heterocycles. The van der Waals surface area contributed by atoms with Crippen molar-refractivity contribution in [2.75, 3.05) is 39.9 Å². The van der Waals surface area contributed by atoms with Crippen molar-refractivity contribution in [2.24, 2.45) is 5.92 Å². The van der Waals surface area contributed by atoms with Crippen molar-refractivity contribution in [3.8, 4) is 0 Å². The molecule has 1 aromatic heterocycles. The molecule has 0 N–H and O–H groups in total. The molecule has 21 heavy (non-hydrogen) atoms. The Kier molecular flexibility index (Phi) is 4.47. The third-order valence-corrected chi connectivity index (χ3v) is 4.27. The lowest BCUT2D eigenvalue weighted by molar-refractivity contribution is -0.133. The first kappa shape index (κ1) is 14.8. The minimum absolute atomic E-state index is 0.147. The highest BCUT2D eigenvalue weighted by atomic mass is 35.5. The van der Waals surface area contributed by atoms with Gasteiger partial charge in [0.15, 0.2) is 5.15 Å². The molecular formula is C14H20ClN3O3. The van der Waals surface area contributed by atoms with Crippen LogP contribution in [0.5, 0.6) is 0 Å². The number of nitrogens with zero attached hydrogens (tertiary/aromatic N) is 3. The number of aromatic nitrogens is 1. The molecule has 0 saturated carbocycles. The highest BCUT2D eigenvalue weighted by Gasteiger charge is 2.34. The Bertz CT molecular complexity index is 507. The van der Waals surface area contributed by atoms with E-state index in [1.165, 1.54) is 0 Å². The zero-order valence-electron chi connectivity index (χ0n) is 12.1. The molecule has 2 aliphatic rings. The first-order chi connectivity index (χ1) is 10.1. The van der Waals surface area contributed by atoms with Gasteiger partial charge in [-0.3, -0.25) is 4.79 Å². The molecule has 116 valence electrons. The van der Waals surface area contributed by atoms with Crippen LogP contribution in [0.2, 0.25) is 5.15 Å². The fraction of sp³-hybridized carbons (Fsp3) is 0.714. The number of amides is 1. The maximum absolute atomic E-state index is 12.5. The number of rotatable bonds is 3. The van der Waals surface area contributed by atoms with E-state index in [0.717, 1.165) is 26.2 Å².